The van der Waals surface area contributed by atoms with Crippen molar-refractivity contribution in [1.29, 1.82) is 0 Å². The maximum absolute atomic E-state index is 12.2. The van der Waals surface area contributed by atoms with Gasteiger partial charge >= 0.3 is 0 Å². The molecule has 0 aromatic heterocycles. The zero-order valence-corrected chi connectivity index (χ0v) is 11.6. The molecule has 0 unspecified atom stereocenters. The Morgan fingerprint density at radius 1 is 1.20 bits per heavy atom. The standard InChI is InChI=1S/C16H20N2O2/c19-15-3-1-2-11-4-5-13(10-14(11)15)18-16(20)12-6-8-17-9-7-12/h4-5,10,12,17H,1-3,6-9H2,(H,18,20). The van der Waals surface area contributed by atoms with E-state index in [9.17, 15) is 9.59 Å². The number of rotatable bonds is 2. The third-order valence-corrected chi connectivity index (χ3v) is 4.24. The Bertz CT molecular complexity index is 533. The Balaban J connectivity index is 1.72. The molecule has 1 aliphatic heterocycles. The van der Waals surface area contributed by atoms with E-state index in [-0.39, 0.29) is 17.6 Å². The predicted octanol–water partition coefficient (Wildman–Crippen LogP) is 2.14. The Morgan fingerprint density at radius 3 is 2.80 bits per heavy atom. The average Bonchev–Trinajstić information content (AvgIpc) is 2.49. The first-order chi connectivity index (χ1) is 9.74. The fourth-order valence-electron chi connectivity index (χ4n) is 3.03. The second kappa shape index (κ2) is 5.75. The number of benzene rings is 1. The molecule has 1 fully saturated rings. The number of Topliss-reactive ketones (excluding diaryl/α,β-unsaturated/α-hetero) is 1. The first kappa shape index (κ1) is 13.3. The first-order valence-corrected chi connectivity index (χ1v) is 7.42. The van der Waals surface area contributed by atoms with Gasteiger partial charge in [0.05, 0.1) is 0 Å². The second-order valence-electron chi connectivity index (χ2n) is 5.66. The zero-order chi connectivity index (χ0) is 13.9. The number of carbonyl (C=O) groups is 2. The number of nitrogens with one attached hydrogen (secondary N) is 2. The smallest absolute Gasteiger partial charge is 0.227 e. The summed E-state index contributed by atoms with van der Waals surface area (Å²) in [5, 5.41) is 6.22. The maximum atomic E-state index is 12.2. The van der Waals surface area contributed by atoms with Gasteiger partial charge in [-0.1, -0.05) is 6.07 Å². The minimum absolute atomic E-state index is 0.0784. The van der Waals surface area contributed by atoms with Crippen LogP contribution in [0, 0.1) is 5.92 Å². The van der Waals surface area contributed by atoms with Gasteiger partial charge in [-0.2, -0.15) is 0 Å². The molecule has 106 valence electrons. The summed E-state index contributed by atoms with van der Waals surface area (Å²) < 4.78 is 0. The fraction of sp³-hybridized carbons (Fsp3) is 0.500. The van der Waals surface area contributed by atoms with Crippen molar-refractivity contribution >= 4 is 17.4 Å². The molecule has 1 aliphatic carbocycles. The zero-order valence-electron chi connectivity index (χ0n) is 11.6. The van der Waals surface area contributed by atoms with E-state index in [1.54, 1.807) is 0 Å². The highest BCUT2D eigenvalue weighted by molar-refractivity contribution is 6.00. The van der Waals surface area contributed by atoms with Crippen LogP contribution >= 0.6 is 0 Å². The SMILES string of the molecule is O=C1CCCc2ccc(NC(=O)C3CCNCC3)cc21. The van der Waals surface area contributed by atoms with Crippen LogP contribution in [0.4, 0.5) is 5.69 Å². The van der Waals surface area contributed by atoms with Gasteiger partial charge in [-0.3, -0.25) is 9.59 Å². The van der Waals surface area contributed by atoms with Crippen LogP contribution in [0.5, 0.6) is 0 Å². The molecule has 4 heteroatoms. The summed E-state index contributed by atoms with van der Waals surface area (Å²) in [4.78, 5) is 24.1. The molecule has 1 amide bonds. The summed E-state index contributed by atoms with van der Waals surface area (Å²) in [6.45, 7) is 1.81. The summed E-state index contributed by atoms with van der Waals surface area (Å²) in [5.41, 5.74) is 2.66. The quantitative estimate of drug-likeness (QED) is 0.867. The lowest BCUT2D eigenvalue weighted by Crippen LogP contribution is -2.34. The Morgan fingerprint density at radius 2 is 2.00 bits per heavy atom. The molecule has 1 aromatic carbocycles. The van der Waals surface area contributed by atoms with Crippen molar-refractivity contribution in [2.75, 3.05) is 18.4 Å². The highest BCUT2D eigenvalue weighted by Crippen LogP contribution is 2.25. The monoisotopic (exact) mass is 272 g/mol. The number of fused-ring (bicyclic) bond motifs is 1. The summed E-state index contributed by atoms with van der Waals surface area (Å²) >= 11 is 0. The average molecular weight is 272 g/mol. The number of hydrogen-bond acceptors (Lipinski definition) is 3. The van der Waals surface area contributed by atoms with E-state index in [0.29, 0.717) is 6.42 Å². The van der Waals surface area contributed by atoms with Crippen molar-refractivity contribution in [3.05, 3.63) is 29.3 Å². The van der Waals surface area contributed by atoms with Crippen LogP contribution in [0.2, 0.25) is 0 Å². The maximum Gasteiger partial charge on any atom is 0.227 e. The largest absolute Gasteiger partial charge is 0.326 e. The number of aryl methyl sites for hydroxylation is 1. The van der Waals surface area contributed by atoms with Crippen LogP contribution < -0.4 is 10.6 Å². The molecule has 2 N–H and O–H groups in total. The van der Waals surface area contributed by atoms with Crippen LogP contribution in [-0.2, 0) is 11.2 Å². The lowest BCUT2D eigenvalue weighted by molar-refractivity contribution is -0.120. The third kappa shape index (κ3) is 2.75. The lowest BCUT2D eigenvalue weighted by Gasteiger charge is -2.22. The molecule has 0 atom stereocenters. The van der Waals surface area contributed by atoms with Crippen LogP contribution in [0.25, 0.3) is 0 Å². The summed E-state index contributed by atoms with van der Waals surface area (Å²) in [6.07, 6.45) is 4.29. The van der Waals surface area contributed by atoms with Crippen LogP contribution in [-0.4, -0.2) is 24.8 Å². The Kier molecular flexibility index (Phi) is 3.83. The number of carbonyl (C=O) groups excluding carboxylic acids is 2. The van der Waals surface area contributed by atoms with E-state index in [0.717, 1.165) is 55.6 Å². The van der Waals surface area contributed by atoms with Gasteiger partial charge in [0.1, 0.15) is 0 Å². The Hall–Kier alpha value is -1.68. The van der Waals surface area contributed by atoms with Gasteiger partial charge in [0, 0.05) is 23.6 Å². The number of hydrogen-bond donors (Lipinski definition) is 2. The normalized spacial score (nSPS) is 19.5. The van der Waals surface area contributed by atoms with E-state index in [4.69, 9.17) is 0 Å². The topological polar surface area (TPSA) is 58.2 Å². The summed E-state index contributed by atoms with van der Waals surface area (Å²) in [6, 6.07) is 5.73. The fourth-order valence-corrected chi connectivity index (χ4v) is 3.03. The molecule has 1 saturated heterocycles. The van der Waals surface area contributed by atoms with E-state index >= 15 is 0 Å². The molecule has 2 aliphatic rings. The van der Waals surface area contributed by atoms with Gasteiger partial charge in [-0.05, 0) is 56.5 Å². The van der Waals surface area contributed by atoms with E-state index in [1.807, 2.05) is 18.2 Å². The van der Waals surface area contributed by atoms with Gasteiger partial charge in [0.15, 0.2) is 5.78 Å². The molecular formula is C16H20N2O2. The van der Waals surface area contributed by atoms with Crippen molar-refractivity contribution in [2.45, 2.75) is 32.1 Å². The predicted molar refractivity (Wildman–Crippen MR) is 77.9 cm³/mol. The molecule has 20 heavy (non-hydrogen) atoms. The summed E-state index contributed by atoms with van der Waals surface area (Å²) in [7, 11) is 0. The molecule has 1 aromatic rings. The number of anilines is 1. The summed E-state index contributed by atoms with van der Waals surface area (Å²) in [5.74, 6) is 0.363. The van der Waals surface area contributed by atoms with E-state index in [2.05, 4.69) is 10.6 Å². The molecule has 1 heterocycles. The van der Waals surface area contributed by atoms with Gasteiger partial charge < -0.3 is 10.6 Å². The minimum Gasteiger partial charge on any atom is -0.326 e. The number of amides is 1. The molecule has 0 spiro atoms. The first-order valence-electron chi connectivity index (χ1n) is 7.42. The number of ketones is 1. The van der Waals surface area contributed by atoms with Gasteiger partial charge in [0.25, 0.3) is 0 Å². The Labute approximate surface area is 118 Å². The molecule has 3 rings (SSSR count). The van der Waals surface area contributed by atoms with Crippen molar-refractivity contribution in [3.8, 4) is 0 Å². The number of piperidine rings is 1. The molecule has 0 radical (unpaired) electrons. The van der Waals surface area contributed by atoms with Gasteiger partial charge in [-0.25, -0.2) is 0 Å². The molecule has 0 bridgehead atoms. The second-order valence-corrected chi connectivity index (χ2v) is 5.66. The minimum atomic E-state index is 0.0784. The highest BCUT2D eigenvalue weighted by atomic mass is 16.2. The van der Waals surface area contributed by atoms with Crippen LogP contribution in [0.1, 0.15) is 41.6 Å². The van der Waals surface area contributed by atoms with Gasteiger partial charge in [0.2, 0.25) is 5.91 Å². The van der Waals surface area contributed by atoms with Crippen molar-refractivity contribution in [2.24, 2.45) is 5.92 Å². The lowest BCUT2D eigenvalue weighted by atomic mass is 9.90. The molecule has 0 saturated carbocycles. The van der Waals surface area contributed by atoms with Crippen LogP contribution in [0.15, 0.2) is 18.2 Å². The molecular weight excluding hydrogens is 252 g/mol. The van der Waals surface area contributed by atoms with Gasteiger partial charge in [-0.15, -0.1) is 0 Å². The molecule has 4 nitrogen and oxygen atoms in total. The van der Waals surface area contributed by atoms with E-state index < -0.39 is 0 Å². The van der Waals surface area contributed by atoms with Crippen LogP contribution in [0.3, 0.4) is 0 Å². The third-order valence-electron chi connectivity index (χ3n) is 4.24. The highest BCUT2D eigenvalue weighted by Gasteiger charge is 2.22. The van der Waals surface area contributed by atoms with Crippen molar-refractivity contribution in [3.63, 3.8) is 0 Å². The van der Waals surface area contributed by atoms with Crippen molar-refractivity contribution in [1.82, 2.24) is 5.32 Å². The van der Waals surface area contributed by atoms with E-state index in [1.165, 1.54) is 0 Å². The van der Waals surface area contributed by atoms with Crippen molar-refractivity contribution < 1.29 is 9.59 Å².